The van der Waals surface area contributed by atoms with E-state index in [4.69, 9.17) is 0 Å². The Morgan fingerprint density at radius 1 is 0.929 bits per heavy atom. The molecule has 0 saturated carbocycles. The molecule has 0 rings (SSSR count). The average Bonchev–Trinajstić information content (AvgIpc) is 1.79. The molecule has 0 amide bonds. The first-order valence-electron chi connectivity index (χ1n) is 5.70. The molecule has 1 atom stereocenters. The van der Waals surface area contributed by atoms with Crippen LogP contribution >= 0.6 is 0 Å². The Morgan fingerprint density at radius 2 is 1.36 bits per heavy atom. The summed E-state index contributed by atoms with van der Waals surface area (Å²) in [5, 5.41) is 0.523. The summed E-state index contributed by atoms with van der Waals surface area (Å²) < 4.78 is 2.51. The van der Waals surface area contributed by atoms with Gasteiger partial charge in [-0.2, -0.15) is 0 Å². The molecule has 0 N–H and O–H groups in total. The molecule has 0 bridgehead atoms. The molecule has 0 heterocycles. The molecule has 86 valence electrons. The molecule has 0 aromatic carbocycles. The fraction of sp³-hybridized carbons (Fsp3) is 1.00. The molecule has 14 heavy (non-hydrogen) atoms. The van der Waals surface area contributed by atoms with Crippen molar-refractivity contribution in [3.8, 4) is 0 Å². The normalized spacial score (nSPS) is 16.1. The van der Waals surface area contributed by atoms with Crippen LogP contribution in [0.1, 0.15) is 48.0 Å². The lowest BCUT2D eigenvalue weighted by Gasteiger charge is -2.36. The van der Waals surface area contributed by atoms with E-state index >= 15 is 0 Å². The van der Waals surface area contributed by atoms with E-state index in [-0.39, 0.29) is 0 Å². The minimum Gasteiger partial charge on any atom is -0.331 e. The topological polar surface area (TPSA) is 3.24 Å². The smallest absolute Gasteiger partial charge is 0.116 e. The molecule has 1 nitrogen and oxygen atoms in total. The molecule has 2 heteroatoms. The van der Waals surface area contributed by atoms with Crippen LogP contribution in [-0.2, 0) is 0 Å². The van der Waals surface area contributed by atoms with E-state index in [0.717, 1.165) is 0 Å². The van der Waals surface area contributed by atoms with Crippen molar-refractivity contribution in [2.24, 2.45) is 5.41 Å². The van der Waals surface area contributed by atoms with Gasteiger partial charge in [-0.15, -0.1) is 0 Å². The van der Waals surface area contributed by atoms with E-state index in [2.05, 4.69) is 60.2 Å². The maximum atomic E-state index is 2.51. The van der Waals surface area contributed by atoms with Crippen LogP contribution in [0.4, 0.5) is 0 Å². The van der Waals surface area contributed by atoms with Crippen molar-refractivity contribution in [1.29, 1.82) is 0 Å². The van der Waals surface area contributed by atoms with Gasteiger partial charge in [-0.25, -0.2) is 0 Å². The van der Waals surface area contributed by atoms with E-state index < -0.39 is 8.96 Å². The largest absolute Gasteiger partial charge is 0.331 e. The first kappa shape index (κ1) is 14.2. The number of rotatable bonds is 3. The summed E-state index contributed by atoms with van der Waals surface area (Å²) in [6.45, 7) is 14.2. The standard InChI is InChI=1S/C12H29NSi/c1-11(2,3)9-10-14(13(7)8)12(4,5)6/h14H,9-10H2,1-8H3. The second-order valence-corrected chi connectivity index (χ2v) is 11.3. The van der Waals surface area contributed by atoms with Gasteiger partial charge < -0.3 is 4.57 Å². The third-order valence-electron chi connectivity index (χ3n) is 2.79. The van der Waals surface area contributed by atoms with Crippen molar-refractivity contribution >= 4 is 8.96 Å². The van der Waals surface area contributed by atoms with E-state index in [9.17, 15) is 0 Å². The molecular formula is C12H29NSi. The molecule has 0 aliphatic rings. The van der Waals surface area contributed by atoms with Crippen molar-refractivity contribution in [2.45, 2.75) is 59.0 Å². The van der Waals surface area contributed by atoms with Crippen LogP contribution in [-0.4, -0.2) is 27.6 Å². The molecule has 0 aromatic heterocycles. The van der Waals surface area contributed by atoms with Gasteiger partial charge in [0.05, 0.1) is 0 Å². The van der Waals surface area contributed by atoms with Crippen molar-refractivity contribution < 1.29 is 0 Å². The highest BCUT2D eigenvalue weighted by Crippen LogP contribution is 2.33. The molecule has 0 spiro atoms. The Kier molecular flexibility index (Phi) is 4.86. The number of hydrogen-bond donors (Lipinski definition) is 0. The molecule has 0 radical (unpaired) electrons. The summed E-state index contributed by atoms with van der Waals surface area (Å²) in [6.07, 6.45) is 1.36. The zero-order valence-electron chi connectivity index (χ0n) is 11.4. The highest BCUT2D eigenvalue weighted by Gasteiger charge is 2.29. The monoisotopic (exact) mass is 215 g/mol. The van der Waals surface area contributed by atoms with E-state index in [1.807, 2.05) is 0 Å². The summed E-state index contributed by atoms with van der Waals surface area (Å²) in [7, 11) is 3.75. The Balaban J connectivity index is 4.27. The summed E-state index contributed by atoms with van der Waals surface area (Å²) >= 11 is 0. The predicted molar refractivity (Wildman–Crippen MR) is 69.4 cm³/mol. The Labute approximate surface area is 92.6 Å². The third kappa shape index (κ3) is 5.81. The maximum Gasteiger partial charge on any atom is 0.116 e. The van der Waals surface area contributed by atoms with Crippen LogP contribution in [0.15, 0.2) is 0 Å². The zero-order chi connectivity index (χ0) is 11.6. The average molecular weight is 215 g/mol. The van der Waals surface area contributed by atoms with Gasteiger partial charge in [0, 0.05) is 0 Å². The molecule has 0 aliphatic carbocycles. The maximum absolute atomic E-state index is 2.51. The van der Waals surface area contributed by atoms with Crippen LogP contribution in [0.5, 0.6) is 0 Å². The van der Waals surface area contributed by atoms with E-state index in [0.29, 0.717) is 10.5 Å². The molecule has 1 unspecified atom stereocenters. The molecule has 0 saturated heterocycles. The predicted octanol–water partition coefficient (Wildman–Crippen LogP) is 3.51. The van der Waals surface area contributed by atoms with Crippen molar-refractivity contribution in [3.63, 3.8) is 0 Å². The van der Waals surface area contributed by atoms with Gasteiger partial charge in [0.1, 0.15) is 8.96 Å². The van der Waals surface area contributed by atoms with Crippen LogP contribution < -0.4 is 0 Å². The highest BCUT2D eigenvalue weighted by molar-refractivity contribution is 6.59. The second kappa shape index (κ2) is 4.80. The Morgan fingerprint density at radius 3 is 1.57 bits per heavy atom. The first-order chi connectivity index (χ1) is 6.04. The molecule has 0 aliphatic heterocycles. The van der Waals surface area contributed by atoms with Gasteiger partial charge in [0.2, 0.25) is 0 Å². The number of hydrogen-bond acceptors (Lipinski definition) is 1. The Hall–Kier alpha value is 0.177. The lowest BCUT2D eigenvalue weighted by molar-refractivity contribution is 0.389. The summed E-state index contributed by atoms with van der Waals surface area (Å²) in [4.78, 5) is 0. The van der Waals surface area contributed by atoms with Gasteiger partial charge >= 0.3 is 0 Å². The Bertz CT molecular complexity index is 162. The minimum atomic E-state index is -0.762. The van der Waals surface area contributed by atoms with Crippen molar-refractivity contribution in [1.82, 2.24) is 4.57 Å². The van der Waals surface area contributed by atoms with Gasteiger partial charge in [-0.1, -0.05) is 41.5 Å². The summed E-state index contributed by atoms with van der Waals surface area (Å²) in [6, 6.07) is 1.43. The molecular weight excluding hydrogens is 186 g/mol. The fourth-order valence-electron chi connectivity index (χ4n) is 2.04. The minimum absolute atomic E-state index is 0.493. The van der Waals surface area contributed by atoms with Crippen molar-refractivity contribution in [3.05, 3.63) is 0 Å². The molecule has 0 aromatic rings. The van der Waals surface area contributed by atoms with Crippen LogP contribution in [0.3, 0.4) is 0 Å². The number of nitrogens with zero attached hydrogens (tertiary/aromatic N) is 1. The summed E-state index contributed by atoms with van der Waals surface area (Å²) in [5.41, 5.74) is 0.493. The summed E-state index contributed by atoms with van der Waals surface area (Å²) in [5.74, 6) is 0. The van der Waals surface area contributed by atoms with Crippen LogP contribution in [0.25, 0.3) is 0 Å². The van der Waals surface area contributed by atoms with Gasteiger partial charge in [-0.3, -0.25) is 0 Å². The fourth-order valence-corrected chi connectivity index (χ4v) is 6.11. The SMILES string of the molecule is CN(C)[SiH](CCC(C)(C)C)C(C)(C)C. The van der Waals surface area contributed by atoms with E-state index in [1.165, 1.54) is 12.5 Å². The third-order valence-corrected chi connectivity index (χ3v) is 6.87. The van der Waals surface area contributed by atoms with Gasteiger partial charge in [-0.05, 0) is 37.0 Å². The first-order valence-corrected chi connectivity index (χ1v) is 7.61. The second-order valence-electron chi connectivity index (χ2n) is 6.94. The zero-order valence-corrected chi connectivity index (χ0v) is 12.6. The van der Waals surface area contributed by atoms with Gasteiger partial charge in [0.25, 0.3) is 0 Å². The van der Waals surface area contributed by atoms with Crippen LogP contribution in [0, 0.1) is 5.41 Å². The van der Waals surface area contributed by atoms with E-state index in [1.54, 1.807) is 0 Å². The quantitative estimate of drug-likeness (QED) is 0.651. The van der Waals surface area contributed by atoms with Crippen LogP contribution in [0.2, 0.25) is 11.1 Å². The lowest BCUT2D eigenvalue weighted by atomic mass is 9.94. The van der Waals surface area contributed by atoms with Crippen molar-refractivity contribution in [2.75, 3.05) is 14.1 Å². The highest BCUT2D eigenvalue weighted by atomic mass is 28.3. The lowest BCUT2D eigenvalue weighted by Crippen LogP contribution is -2.41. The molecule has 0 fully saturated rings. The van der Waals surface area contributed by atoms with Gasteiger partial charge in [0.15, 0.2) is 0 Å².